The number of alkyl halides is 3. The highest BCUT2D eigenvalue weighted by Gasteiger charge is 2.45. The maximum absolute atomic E-state index is 14.4. The monoisotopic (exact) mass is 711 g/mol. The average Bonchev–Trinajstić information content (AvgIpc) is 3.55. The van der Waals surface area contributed by atoms with Crippen molar-refractivity contribution in [1.82, 2.24) is 29.0 Å². The molecule has 1 saturated heterocycles. The summed E-state index contributed by atoms with van der Waals surface area (Å²) in [7, 11) is 0. The van der Waals surface area contributed by atoms with Gasteiger partial charge in [-0.25, -0.2) is 4.98 Å². The lowest BCUT2D eigenvalue weighted by atomic mass is 9.66. The number of likely N-dealkylation sites (tertiary alicyclic amines) is 1. The van der Waals surface area contributed by atoms with E-state index in [2.05, 4.69) is 15.4 Å². The van der Waals surface area contributed by atoms with Gasteiger partial charge in [0, 0.05) is 35.5 Å². The molecule has 5 heterocycles. The molecule has 262 valence electrons. The number of halogens is 4. The van der Waals surface area contributed by atoms with Crippen molar-refractivity contribution in [2.24, 2.45) is 0 Å². The zero-order valence-electron chi connectivity index (χ0n) is 27.0. The molecule has 50 heavy (non-hydrogen) atoms. The highest BCUT2D eigenvalue weighted by molar-refractivity contribution is 6.33. The molecule has 2 N–H and O–H groups in total. The van der Waals surface area contributed by atoms with Crippen LogP contribution in [0.4, 0.5) is 18.9 Å². The molecule has 1 fully saturated rings. The second-order valence-corrected chi connectivity index (χ2v) is 13.3. The van der Waals surface area contributed by atoms with E-state index < -0.39 is 29.0 Å². The summed E-state index contributed by atoms with van der Waals surface area (Å²) in [6, 6.07) is 5.75. The van der Waals surface area contributed by atoms with Crippen LogP contribution in [0.3, 0.4) is 0 Å². The number of nitrogens with zero attached hydrogens (tertiary/aromatic N) is 6. The Balaban J connectivity index is 1.26. The van der Waals surface area contributed by atoms with Crippen molar-refractivity contribution >= 4 is 40.5 Å². The number of anilines is 1. The van der Waals surface area contributed by atoms with Gasteiger partial charge in [-0.1, -0.05) is 17.7 Å². The molecule has 2 aliphatic heterocycles. The van der Waals surface area contributed by atoms with Crippen molar-refractivity contribution in [2.75, 3.05) is 31.6 Å². The van der Waals surface area contributed by atoms with E-state index in [1.54, 1.807) is 22.5 Å². The number of ether oxygens (including phenoxy) is 1. The third-order valence-corrected chi connectivity index (χ3v) is 10.1. The summed E-state index contributed by atoms with van der Waals surface area (Å²) >= 11 is 6.14. The van der Waals surface area contributed by atoms with Gasteiger partial charge in [0.2, 0.25) is 11.7 Å². The molecule has 1 spiro atoms. The number of benzene rings is 1. The first kappa shape index (κ1) is 33.7. The first-order valence-electron chi connectivity index (χ1n) is 16.3. The molecule has 0 bridgehead atoms. The summed E-state index contributed by atoms with van der Waals surface area (Å²) < 4.78 is 48.0. The fraction of sp³-hybridized carbons (Fsp3) is 0.412. The van der Waals surface area contributed by atoms with Gasteiger partial charge in [-0.2, -0.15) is 22.7 Å². The molecule has 1 aromatic carbocycles. The van der Waals surface area contributed by atoms with Gasteiger partial charge in [0.05, 0.1) is 29.5 Å². The Labute approximate surface area is 288 Å². The lowest BCUT2D eigenvalue weighted by Crippen LogP contribution is -2.50. The molecule has 0 unspecified atom stereocenters. The van der Waals surface area contributed by atoms with E-state index in [9.17, 15) is 32.7 Å². The summed E-state index contributed by atoms with van der Waals surface area (Å²) in [4.78, 5) is 52.0. The van der Waals surface area contributed by atoms with E-state index in [-0.39, 0.29) is 40.0 Å². The molecule has 0 saturated carbocycles. The molecule has 7 rings (SSSR count). The minimum absolute atomic E-state index is 0.00719. The van der Waals surface area contributed by atoms with Gasteiger partial charge in [-0.15, -0.1) is 5.10 Å². The molecule has 3 aromatic heterocycles. The average molecular weight is 712 g/mol. The molecule has 12 nitrogen and oxygen atoms in total. The largest absolute Gasteiger partial charge is 0.505 e. The number of fused-ring (bicyclic) bond motifs is 3. The van der Waals surface area contributed by atoms with Crippen molar-refractivity contribution in [2.45, 2.75) is 63.6 Å². The normalized spacial score (nSPS) is 17.5. The fourth-order valence-electron chi connectivity index (χ4n) is 7.26. The van der Waals surface area contributed by atoms with Gasteiger partial charge in [-0.3, -0.25) is 14.4 Å². The Morgan fingerprint density at radius 1 is 1.10 bits per heavy atom. The fourth-order valence-corrected chi connectivity index (χ4v) is 7.49. The minimum atomic E-state index is -4.60. The summed E-state index contributed by atoms with van der Waals surface area (Å²) in [5.41, 5.74) is 0.604. The summed E-state index contributed by atoms with van der Waals surface area (Å²) in [5, 5.41) is 17.3. The van der Waals surface area contributed by atoms with Crippen LogP contribution in [-0.4, -0.2) is 72.3 Å². The maximum atomic E-state index is 14.4. The second kappa shape index (κ2) is 12.8. The molecule has 2 amide bonds. The van der Waals surface area contributed by atoms with Crippen LogP contribution in [0, 0.1) is 6.92 Å². The smallest absolute Gasteiger partial charge is 0.416 e. The van der Waals surface area contributed by atoms with Crippen LogP contribution in [0.25, 0.3) is 11.4 Å². The molecule has 0 atom stereocenters. The Bertz CT molecular complexity index is 2120. The Hall–Kier alpha value is -4.76. The number of nitrogens with one attached hydrogen (secondary N) is 1. The number of aromatic hydroxyl groups is 1. The zero-order valence-corrected chi connectivity index (χ0v) is 27.8. The van der Waals surface area contributed by atoms with E-state index in [4.69, 9.17) is 21.3 Å². The number of carbonyl (C=O) groups is 2. The number of piperidine rings is 1. The Kier molecular flexibility index (Phi) is 8.67. The van der Waals surface area contributed by atoms with Crippen LogP contribution in [-0.2, 0) is 34.1 Å². The first-order valence-corrected chi connectivity index (χ1v) is 16.6. The Morgan fingerprint density at radius 2 is 1.88 bits per heavy atom. The topological polar surface area (TPSA) is 144 Å². The minimum Gasteiger partial charge on any atom is -0.505 e. The Morgan fingerprint density at radius 3 is 2.58 bits per heavy atom. The van der Waals surface area contributed by atoms with E-state index in [1.165, 1.54) is 10.6 Å². The van der Waals surface area contributed by atoms with Crippen molar-refractivity contribution in [3.8, 4) is 5.75 Å². The lowest BCUT2D eigenvalue weighted by molar-refractivity contribution is -0.137. The van der Waals surface area contributed by atoms with Crippen LogP contribution >= 0.6 is 11.6 Å². The van der Waals surface area contributed by atoms with E-state index in [0.29, 0.717) is 87.6 Å². The van der Waals surface area contributed by atoms with Crippen molar-refractivity contribution < 1.29 is 32.6 Å². The van der Waals surface area contributed by atoms with Gasteiger partial charge >= 0.3 is 6.18 Å². The lowest BCUT2D eigenvalue weighted by Gasteiger charge is -2.45. The van der Waals surface area contributed by atoms with E-state index in [0.717, 1.165) is 23.8 Å². The van der Waals surface area contributed by atoms with E-state index >= 15 is 0 Å². The van der Waals surface area contributed by atoms with Crippen LogP contribution < -0.4 is 10.9 Å². The van der Waals surface area contributed by atoms with Crippen molar-refractivity contribution in [3.63, 3.8) is 0 Å². The molecule has 0 radical (unpaired) electrons. The number of aryl methyl sites for hydroxylation is 1. The summed E-state index contributed by atoms with van der Waals surface area (Å²) in [6.07, 6.45) is 0.544. The van der Waals surface area contributed by atoms with Crippen LogP contribution in [0.15, 0.2) is 41.2 Å². The number of rotatable bonds is 5. The van der Waals surface area contributed by atoms with Gasteiger partial charge in [0.1, 0.15) is 12.3 Å². The van der Waals surface area contributed by atoms with Gasteiger partial charge in [0.25, 0.3) is 11.5 Å². The molecule has 16 heteroatoms. The van der Waals surface area contributed by atoms with Gasteiger partial charge in [-0.05, 0) is 81.4 Å². The number of aromatic nitrogens is 5. The summed E-state index contributed by atoms with van der Waals surface area (Å²) in [5.74, 6) is -0.677. The van der Waals surface area contributed by atoms with Crippen LogP contribution in [0.1, 0.15) is 70.9 Å². The number of hydrogen-bond acceptors (Lipinski definition) is 8. The number of pyridine rings is 1. The van der Waals surface area contributed by atoms with E-state index in [1.807, 2.05) is 6.08 Å². The third kappa shape index (κ3) is 6.12. The summed E-state index contributed by atoms with van der Waals surface area (Å²) in [6.45, 7) is 2.88. The molecular formula is C34H33ClF3N7O5. The van der Waals surface area contributed by atoms with Crippen LogP contribution in [0.5, 0.6) is 5.75 Å². The standard InChI is InChI=1S/C34H33ClF3N7O5/c1-19-4-7-25(46)28(39-19)31(49)43-13-11-33(12-14-43)10-2-3-24-27(33)30(48)45-32(41-29(42-45)20-8-15-50-16-9-20)44(24)18-26(47)40-23-6-5-21(17-22(23)35)34(36,37)38/h4-8,17,46H,2-3,9-16,18H2,1H3,(H,40,47). The highest BCUT2D eigenvalue weighted by Crippen LogP contribution is 2.44. The predicted molar refractivity (Wildman–Crippen MR) is 176 cm³/mol. The first-order chi connectivity index (χ1) is 23.8. The third-order valence-electron chi connectivity index (χ3n) is 9.80. The predicted octanol–water partition coefficient (Wildman–Crippen LogP) is 4.92. The quantitative estimate of drug-likeness (QED) is 0.297. The van der Waals surface area contributed by atoms with Gasteiger partial charge < -0.3 is 24.6 Å². The number of amides is 2. The maximum Gasteiger partial charge on any atom is 0.416 e. The molecular weight excluding hydrogens is 679 g/mol. The number of hydrogen-bond donors (Lipinski definition) is 2. The zero-order chi connectivity index (χ0) is 35.4. The highest BCUT2D eigenvalue weighted by atomic mass is 35.5. The number of carbonyl (C=O) groups excluding carboxylic acids is 2. The molecule has 3 aliphatic rings. The second-order valence-electron chi connectivity index (χ2n) is 12.9. The van der Waals surface area contributed by atoms with Gasteiger partial charge in [0.15, 0.2) is 11.5 Å². The van der Waals surface area contributed by atoms with Crippen molar-refractivity contribution in [3.05, 3.63) is 85.8 Å². The molecule has 1 aliphatic carbocycles. The van der Waals surface area contributed by atoms with Crippen LogP contribution in [0.2, 0.25) is 5.02 Å². The SMILES string of the molecule is Cc1ccc(O)c(C(=O)N2CCC3(CCCc4c3c(=O)n3nc(C5=CCOCC5)nc3n4CC(=O)Nc3ccc(C(F)(F)F)cc3Cl)CC2)n1. The van der Waals surface area contributed by atoms with Crippen molar-refractivity contribution in [1.29, 1.82) is 0 Å². The molecule has 4 aromatic rings.